The Morgan fingerprint density at radius 1 is 0.700 bits per heavy atom. The van der Waals surface area contributed by atoms with Crippen molar-refractivity contribution in [1.29, 1.82) is 0 Å². The third-order valence-electron chi connectivity index (χ3n) is 5.76. The molecule has 12 nitrogen and oxygen atoms in total. The van der Waals surface area contributed by atoms with Gasteiger partial charge in [0.1, 0.15) is 11.4 Å². The van der Waals surface area contributed by atoms with Gasteiger partial charge in [-0.25, -0.2) is 4.79 Å². The summed E-state index contributed by atoms with van der Waals surface area (Å²) < 4.78 is 5.62. The number of carbonyl (C=O) groups excluding carboxylic acids is 1. The van der Waals surface area contributed by atoms with E-state index < -0.39 is 15.8 Å². The molecule has 1 heterocycles. The summed E-state index contributed by atoms with van der Waals surface area (Å²) in [6.45, 7) is 0. The van der Waals surface area contributed by atoms with Crippen LogP contribution >= 0.6 is 0 Å². The van der Waals surface area contributed by atoms with Crippen LogP contribution in [-0.2, 0) is 4.74 Å². The highest BCUT2D eigenvalue weighted by Crippen LogP contribution is 2.30. The van der Waals surface area contributed by atoms with Crippen molar-refractivity contribution in [2.75, 3.05) is 0 Å². The number of ether oxygens (including phenoxy) is 1. The van der Waals surface area contributed by atoms with Crippen LogP contribution < -0.4 is 0 Å². The third-order valence-corrected chi connectivity index (χ3v) is 5.76. The average Bonchev–Trinajstić information content (AvgIpc) is 3.41. The lowest BCUT2D eigenvalue weighted by Gasteiger charge is -2.10. The second-order valence-electron chi connectivity index (χ2n) is 8.31. The molecule has 0 fully saturated rings. The summed E-state index contributed by atoms with van der Waals surface area (Å²) in [6.07, 6.45) is 0. The molecule has 0 aliphatic rings. The monoisotopic (exact) mass is 534 g/mol. The zero-order chi connectivity index (χ0) is 28.1. The SMILES string of the molecule is O=C(O/C(=N\n1nnc(-c2ccccc2)c1-c1ccccc1)c1ccc([N+](=O)[O-])cc1)c1ccc([N+](=O)[O-])cc1. The van der Waals surface area contributed by atoms with Gasteiger partial charge in [0.25, 0.3) is 11.4 Å². The Kier molecular flexibility index (Phi) is 7.13. The molecule has 196 valence electrons. The lowest BCUT2D eigenvalue weighted by molar-refractivity contribution is -0.385. The smallest absolute Gasteiger partial charge is 0.344 e. The van der Waals surface area contributed by atoms with E-state index in [4.69, 9.17) is 4.74 Å². The van der Waals surface area contributed by atoms with Gasteiger partial charge >= 0.3 is 5.97 Å². The zero-order valence-corrected chi connectivity index (χ0v) is 20.5. The first-order chi connectivity index (χ1) is 19.4. The topological polar surface area (TPSA) is 156 Å². The predicted molar refractivity (Wildman–Crippen MR) is 144 cm³/mol. The number of nitro benzene ring substituents is 2. The number of hydrogen-bond donors (Lipinski definition) is 0. The van der Waals surface area contributed by atoms with Crippen LogP contribution in [0.5, 0.6) is 0 Å². The van der Waals surface area contributed by atoms with Gasteiger partial charge in [-0.1, -0.05) is 60.7 Å². The van der Waals surface area contributed by atoms with Gasteiger partial charge in [-0.05, 0) is 29.5 Å². The quantitative estimate of drug-likeness (QED) is 0.0872. The number of benzene rings is 4. The minimum absolute atomic E-state index is 0.0343. The summed E-state index contributed by atoms with van der Waals surface area (Å²) in [6, 6.07) is 28.7. The summed E-state index contributed by atoms with van der Waals surface area (Å²) >= 11 is 0. The zero-order valence-electron chi connectivity index (χ0n) is 20.5. The highest BCUT2D eigenvalue weighted by Gasteiger charge is 2.21. The summed E-state index contributed by atoms with van der Waals surface area (Å²) in [7, 11) is 0. The fourth-order valence-corrected chi connectivity index (χ4v) is 3.80. The number of aromatic nitrogens is 3. The summed E-state index contributed by atoms with van der Waals surface area (Å²) in [4.78, 5) is 35.3. The fraction of sp³-hybridized carbons (Fsp3) is 0. The van der Waals surface area contributed by atoms with Crippen LogP contribution in [0.4, 0.5) is 11.4 Å². The van der Waals surface area contributed by atoms with Crippen molar-refractivity contribution in [2.24, 2.45) is 5.10 Å². The molecule has 1 aromatic heterocycles. The van der Waals surface area contributed by atoms with Crippen LogP contribution in [-0.4, -0.2) is 36.8 Å². The Bertz CT molecular complexity index is 1720. The molecule has 40 heavy (non-hydrogen) atoms. The molecule has 0 aliphatic heterocycles. The Balaban J connectivity index is 1.62. The normalized spacial score (nSPS) is 11.2. The molecular formula is C28H18N6O6. The predicted octanol–water partition coefficient (Wildman–Crippen LogP) is 5.50. The van der Waals surface area contributed by atoms with Gasteiger partial charge in [-0.15, -0.1) is 15.0 Å². The van der Waals surface area contributed by atoms with E-state index in [1.165, 1.54) is 53.3 Å². The van der Waals surface area contributed by atoms with E-state index in [1.54, 1.807) is 0 Å². The molecule has 0 N–H and O–H groups in total. The molecule has 0 aliphatic carbocycles. The lowest BCUT2D eigenvalue weighted by Crippen LogP contribution is -2.16. The van der Waals surface area contributed by atoms with Crippen LogP contribution in [0.3, 0.4) is 0 Å². The minimum Gasteiger partial charge on any atom is -0.402 e. The number of non-ortho nitro benzene ring substituents is 2. The molecule has 5 rings (SSSR count). The second-order valence-corrected chi connectivity index (χ2v) is 8.31. The fourth-order valence-electron chi connectivity index (χ4n) is 3.80. The van der Waals surface area contributed by atoms with E-state index in [0.717, 1.165) is 11.1 Å². The van der Waals surface area contributed by atoms with Crippen LogP contribution in [0.2, 0.25) is 0 Å². The lowest BCUT2D eigenvalue weighted by atomic mass is 10.1. The molecule has 0 saturated carbocycles. The molecule has 0 spiro atoms. The molecule has 0 atom stereocenters. The van der Waals surface area contributed by atoms with Crippen molar-refractivity contribution in [3.63, 3.8) is 0 Å². The average molecular weight is 534 g/mol. The molecule has 0 unspecified atom stereocenters. The van der Waals surface area contributed by atoms with Gasteiger partial charge in [-0.2, -0.15) is 0 Å². The molecule has 0 radical (unpaired) electrons. The van der Waals surface area contributed by atoms with Gasteiger partial charge in [0.2, 0.25) is 5.90 Å². The highest BCUT2D eigenvalue weighted by molar-refractivity contribution is 6.05. The maximum Gasteiger partial charge on any atom is 0.344 e. The van der Waals surface area contributed by atoms with Crippen molar-refractivity contribution in [1.82, 2.24) is 15.1 Å². The Morgan fingerprint density at radius 2 is 1.20 bits per heavy atom. The third kappa shape index (κ3) is 5.45. The van der Waals surface area contributed by atoms with E-state index >= 15 is 0 Å². The van der Waals surface area contributed by atoms with E-state index in [2.05, 4.69) is 15.4 Å². The second kappa shape index (κ2) is 11.1. The van der Waals surface area contributed by atoms with Crippen molar-refractivity contribution in [3.8, 4) is 22.5 Å². The van der Waals surface area contributed by atoms with Gasteiger partial charge in [0.05, 0.1) is 15.4 Å². The first-order valence-corrected chi connectivity index (χ1v) is 11.8. The van der Waals surface area contributed by atoms with Gasteiger partial charge in [0.15, 0.2) is 0 Å². The minimum atomic E-state index is -0.850. The van der Waals surface area contributed by atoms with Crippen LogP contribution in [0.25, 0.3) is 22.5 Å². The molecular weight excluding hydrogens is 516 g/mol. The standard InChI is InChI=1S/C28H18N6O6/c35-28(22-13-17-24(18-14-22)34(38)39)40-27(21-11-15-23(16-12-21)33(36)37)30-32-26(20-9-5-2-6-10-20)25(29-31-32)19-7-3-1-4-8-19/h1-18H/b30-27-. The van der Waals surface area contributed by atoms with Crippen LogP contribution in [0, 0.1) is 20.2 Å². The first-order valence-electron chi connectivity index (χ1n) is 11.8. The molecule has 0 bridgehead atoms. The highest BCUT2D eigenvalue weighted by atomic mass is 16.6. The van der Waals surface area contributed by atoms with Crippen molar-refractivity contribution >= 4 is 23.2 Å². The number of hydrogen-bond acceptors (Lipinski definition) is 9. The Hall–Kier alpha value is -6.04. The summed E-state index contributed by atoms with van der Waals surface area (Å²) in [5.41, 5.74) is 2.48. The maximum absolute atomic E-state index is 13.0. The molecule has 0 amide bonds. The largest absolute Gasteiger partial charge is 0.402 e. The van der Waals surface area contributed by atoms with E-state index in [0.29, 0.717) is 11.4 Å². The van der Waals surface area contributed by atoms with Crippen molar-refractivity contribution < 1.29 is 19.4 Å². The number of nitro groups is 2. The Labute approximate surface area is 226 Å². The van der Waals surface area contributed by atoms with Gasteiger partial charge < -0.3 is 4.74 Å². The molecule has 0 saturated heterocycles. The molecule has 5 aromatic rings. The number of esters is 1. The first kappa shape index (κ1) is 25.6. The molecule has 12 heteroatoms. The van der Waals surface area contributed by atoms with Crippen molar-refractivity contribution in [3.05, 3.63) is 141 Å². The van der Waals surface area contributed by atoms with Gasteiger partial charge in [0, 0.05) is 41.0 Å². The summed E-state index contributed by atoms with van der Waals surface area (Å²) in [5, 5.41) is 35.1. The molecule has 4 aromatic carbocycles. The van der Waals surface area contributed by atoms with Crippen LogP contribution in [0.1, 0.15) is 15.9 Å². The number of nitrogens with zero attached hydrogens (tertiary/aromatic N) is 6. The van der Waals surface area contributed by atoms with Crippen molar-refractivity contribution in [2.45, 2.75) is 0 Å². The van der Waals surface area contributed by atoms with E-state index in [-0.39, 0.29) is 28.4 Å². The number of rotatable bonds is 7. The summed E-state index contributed by atoms with van der Waals surface area (Å²) in [5.74, 6) is -1.07. The Morgan fingerprint density at radius 3 is 1.73 bits per heavy atom. The number of carbonyl (C=O) groups is 1. The van der Waals surface area contributed by atoms with E-state index in [9.17, 15) is 25.0 Å². The van der Waals surface area contributed by atoms with Gasteiger partial charge in [-0.3, -0.25) is 20.2 Å². The maximum atomic E-state index is 13.0. The van der Waals surface area contributed by atoms with E-state index in [1.807, 2.05) is 60.7 Å². The van der Waals surface area contributed by atoms with Crippen LogP contribution in [0.15, 0.2) is 114 Å².